The van der Waals surface area contributed by atoms with Crippen molar-refractivity contribution in [3.8, 4) is 0 Å². The lowest BCUT2D eigenvalue weighted by atomic mass is 10.4. The molecule has 1 saturated carbocycles. The summed E-state index contributed by atoms with van der Waals surface area (Å²) in [7, 11) is -3.09. The van der Waals surface area contributed by atoms with Gasteiger partial charge in [-0.25, -0.2) is 13.4 Å². The fourth-order valence-electron chi connectivity index (χ4n) is 1.26. The minimum absolute atomic E-state index is 0.282. The number of sulfone groups is 1. The summed E-state index contributed by atoms with van der Waals surface area (Å²) in [5.41, 5.74) is 0. The van der Waals surface area contributed by atoms with Gasteiger partial charge in [-0.15, -0.1) is 0 Å². The number of hydrogen-bond donors (Lipinski definition) is 0. The molecule has 1 aliphatic carbocycles. The topological polar surface area (TPSA) is 60.2 Å². The molecular formula is C7H8NO3S. The fraction of sp³-hybridized carbons (Fsp3) is 0.571. The Morgan fingerprint density at radius 3 is 2.67 bits per heavy atom. The van der Waals surface area contributed by atoms with Gasteiger partial charge in [-0.3, -0.25) is 0 Å². The monoisotopic (exact) mass is 186 g/mol. The third-order valence-corrected chi connectivity index (χ3v) is 4.20. The van der Waals surface area contributed by atoms with Gasteiger partial charge in [0.2, 0.25) is 5.89 Å². The molecule has 1 radical (unpaired) electrons. The highest BCUT2D eigenvalue weighted by Crippen LogP contribution is 2.51. The summed E-state index contributed by atoms with van der Waals surface area (Å²) < 4.78 is 26.6. The van der Waals surface area contributed by atoms with E-state index < -0.39 is 14.6 Å². The van der Waals surface area contributed by atoms with Gasteiger partial charge in [0.1, 0.15) is 4.75 Å². The van der Waals surface area contributed by atoms with Crippen molar-refractivity contribution < 1.29 is 12.8 Å². The van der Waals surface area contributed by atoms with E-state index in [0.29, 0.717) is 12.8 Å². The van der Waals surface area contributed by atoms with E-state index in [2.05, 4.69) is 11.2 Å². The van der Waals surface area contributed by atoms with Crippen LogP contribution in [0, 0.1) is 6.26 Å². The summed E-state index contributed by atoms with van der Waals surface area (Å²) in [6.45, 7) is 0. The van der Waals surface area contributed by atoms with Crippen LogP contribution in [-0.4, -0.2) is 19.7 Å². The van der Waals surface area contributed by atoms with Gasteiger partial charge >= 0.3 is 0 Å². The van der Waals surface area contributed by atoms with Crippen molar-refractivity contribution in [2.24, 2.45) is 0 Å². The maximum atomic E-state index is 11.3. The van der Waals surface area contributed by atoms with Crippen molar-refractivity contribution in [3.63, 3.8) is 0 Å². The molecule has 1 aromatic rings. The predicted octanol–water partition coefficient (Wildman–Crippen LogP) is 0.508. The average molecular weight is 186 g/mol. The second-order valence-electron chi connectivity index (χ2n) is 3.05. The summed E-state index contributed by atoms with van der Waals surface area (Å²) in [5, 5.41) is 0. The molecular weight excluding hydrogens is 178 g/mol. The SMILES string of the molecule is CS(=O)(=O)C1(c2nc[c]o2)CC1. The Morgan fingerprint density at radius 2 is 2.33 bits per heavy atom. The second-order valence-corrected chi connectivity index (χ2v) is 5.38. The molecule has 65 valence electrons. The zero-order chi connectivity index (χ0) is 8.82. The van der Waals surface area contributed by atoms with E-state index in [1.54, 1.807) is 0 Å². The summed E-state index contributed by atoms with van der Waals surface area (Å²) in [5.74, 6) is 0.282. The standard InChI is InChI=1S/C7H8NO3S/c1-12(9,10)7(2-3-7)6-8-4-5-11-6/h4H,2-3H2,1H3. The van der Waals surface area contributed by atoms with Crippen molar-refractivity contribution in [2.75, 3.05) is 6.26 Å². The summed E-state index contributed by atoms with van der Waals surface area (Å²) in [4.78, 5) is 3.82. The third kappa shape index (κ3) is 0.891. The first-order chi connectivity index (χ1) is 5.56. The summed E-state index contributed by atoms with van der Waals surface area (Å²) >= 11 is 0. The van der Waals surface area contributed by atoms with Crippen LogP contribution in [0.2, 0.25) is 0 Å². The van der Waals surface area contributed by atoms with Crippen LogP contribution in [0.25, 0.3) is 0 Å². The van der Waals surface area contributed by atoms with E-state index in [1.165, 1.54) is 12.5 Å². The van der Waals surface area contributed by atoms with Gasteiger partial charge in [-0.2, -0.15) is 0 Å². The number of aromatic nitrogens is 1. The van der Waals surface area contributed by atoms with Gasteiger partial charge in [0.15, 0.2) is 16.1 Å². The highest BCUT2D eigenvalue weighted by molar-refractivity contribution is 7.91. The molecule has 4 nitrogen and oxygen atoms in total. The van der Waals surface area contributed by atoms with Gasteiger partial charge in [0, 0.05) is 6.26 Å². The fourth-order valence-corrected chi connectivity index (χ4v) is 2.52. The lowest BCUT2D eigenvalue weighted by molar-refractivity contribution is 0.466. The first-order valence-electron chi connectivity index (χ1n) is 3.58. The van der Waals surface area contributed by atoms with Crippen LogP contribution in [0.4, 0.5) is 0 Å². The van der Waals surface area contributed by atoms with Crippen LogP contribution in [0.3, 0.4) is 0 Å². The molecule has 1 aromatic heterocycles. The Kier molecular flexibility index (Phi) is 1.36. The lowest BCUT2D eigenvalue weighted by Crippen LogP contribution is -2.19. The minimum Gasteiger partial charge on any atom is -0.436 e. The summed E-state index contributed by atoms with van der Waals surface area (Å²) in [6.07, 6.45) is 6.18. The van der Waals surface area contributed by atoms with Crippen LogP contribution in [0.15, 0.2) is 10.6 Å². The Bertz CT molecular complexity index is 375. The van der Waals surface area contributed by atoms with E-state index in [1.807, 2.05) is 0 Å². The van der Waals surface area contributed by atoms with E-state index in [-0.39, 0.29) is 5.89 Å². The molecule has 1 aliphatic rings. The molecule has 0 saturated heterocycles. The van der Waals surface area contributed by atoms with Crippen molar-refractivity contribution in [1.29, 1.82) is 0 Å². The minimum atomic E-state index is -3.09. The molecule has 0 N–H and O–H groups in total. The van der Waals surface area contributed by atoms with E-state index in [4.69, 9.17) is 4.42 Å². The smallest absolute Gasteiger partial charge is 0.216 e. The highest BCUT2D eigenvalue weighted by Gasteiger charge is 2.57. The van der Waals surface area contributed by atoms with Crippen molar-refractivity contribution in [2.45, 2.75) is 17.6 Å². The van der Waals surface area contributed by atoms with Crippen molar-refractivity contribution in [3.05, 3.63) is 18.4 Å². The van der Waals surface area contributed by atoms with Crippen LogP contribution < -0.4 is 0 Å². The van der Waals surface area contributed by atoms with Gasteiger partial charge in [-0.05, 0) is 12.8 Å². The third-order valence-electron chi connectivity index (χ3n) is 2.19. The van der Waals surface area contributed by atoms with Gasteiger partial charge in [0.05, 0.1) is 6.20 Å². The summed E-state index contributed by atoms with van der Waals surface area (Å²) in [6, 6.07) is 0. The Balaban J connectivity index is 2.49. The normalized spacial score (nSPS) is 20.8. The maximum Gasteiger partial charge on any atom is 0.216 e. The molecule has 1 fully saturated rings. The van der Waals surface area contributed by atoms with E-state index >= 15 is 0 Å². The first kappa shape index (κ1) is 7.79. The molecule has 0 bridgehead atoms. The Hall–Kier alpha value is -0.840. The Labute approximate surface area is 70.5 Å². The molecule has 0 aliphatic heterocycles. The molecule has 0 atom stereocenters. The van der Waals surface area contributed by atoms with Crippen molar-refractivity contribution in [1.82, 2.24) is 4.98 Å². The zero-order valence-electron chi connectivity index (χ0n) is 6.57. The quantitative estimate of drug-likeness (QED) is 0.675. The highest BCUT2D eigenvalue weighted by atomic mass is 32.2. The second kappa shape index (κ2) is 2.10. The van der Waals surface area contributed by atoms with Crippen LogP contribution >= 0.6 is 0 Å². The largest absolute Gasteiger partial charge is 0.436 e. The van der Waals surface area contributed by atoms with E-state index in [9.17, 15) is 8.42 Å². The average Bonchev–Trinajstić information content (AvgIpc) is 2.61. The number of hydrogen-bond acceptors (Lipinski definition) is 4. The van der Waals surface area contributed by atoms with Gasteiger partial charge in [-0.1, -0.05) is 0 Å². The van der Waals surface area contributed by atoms with Crippen LogP contribution in [-0.2, 0) is 14.6 Å². The molecule has 0 amide bonds. The van der Waals surface area contributed by atoms with Crippen LogP contribution in [0.1, 0.15) is 18.7 Å². The number of nitrogens with zero attached hydrogens (tertiary/aromatic N) is 1. The lowest BCUT2D eigenvalue weighted by Gasteiger charge is -2.06. The molecule has 5 heteroatoms. The zero-order valence-corrected chi connectivity index (χ0v) is 7.39. The Morgan fingerprint density at radius 1 is 1.67 bits per heavy atom. The molecule has 2 rings (SSSR count). The predicted molar refractivity (Wildman–Crippen MR) is 41.1 cm³/mol. The number of oxazole rings is 1. The number of rotatable bonds is 2. The first-order valence-corrected chi connectivity index (χ1v) is 5.47. The van der Waals surface area contributed by atoms with Crippen LogP contribution in [0.5, 0.6) is 0 Å². The van der Waals surface area contributed by atoms with Gasteiger partial charge < -0.3 is 4.42 Å². The molecule has 0 aromatic carbocycles. The molecule has 0 spiro atoms. The molecule has 1 heterocycles. The molecule has 0 unspecified atom stereocenters. The van der Waals surface area contributed by atoms with E-state index in [0.717, 1.165) is 0 Å². The maximum absolute atomic E-state index is 11.3. The van der Waals surface area contributed by atoms with Crippen molar-refractivity contribution >= 4 is 9.84 Å². The molecule has 12 heavy (non-hydrogen) atoms. The van der Waals surface area contributed by atoms with Gasteiger partial charge in [0.25, 0.3) is 0 Å².